The van der Waals surface area contributed by atoms with Gasteiger partial charge in [0.2, 0.25) is 0 Å². The van der Waals surface area contributed by atoms with Crippen LogP contribution in [0.3, 0.4) is 0 Å². The monoisotopic (exact) mass is 166 g/mol. The van der Waals surface area contributed by atoms with Crippen molar-refractivity contribution in [3.05, 3.63) is 0 Å². The third kappa shape index (κ3) is 3.28. The maximum atomic E-state index is 9.38. The van der Waals surface area contributed by atoms with Crippen molar-refractivity contribution >= 4 is 6.29 Å². The Hall–Kier alpha value is -0.690. The van der Waals surface area contributed by atoms with E-state index in [0.29, 0.717) is 6.29 Å². The first kappa shape index (κ1) is 10.3. The summed E-state index contributed by atoms with van der Waals surface area (Å²) in [4.78, 5) is 0. The van der Waals surface area contributed by atoms with E-state index < -0.39 is 24.9 Å². The van der Waals surface area contributed by atoms with Crippen LogP contribution >= 0.6 is 0 Å². The number of carbonyl (C=O) groups excluding carboxylic acids is 1. The summed E-state index contributed by atoms with van der Waals surface area (Å²) >= 11 is 0. The topological polar surface area (TPSA) is 115 Å². The molecule has 0 spiro atoms. The molecule has 0 aromatic rings. The number of hydrogen-bond acceptors (Lipinski definition) is 5. The molecule has 0 amide bonds. The highest BCUT2D eigenvalue weighted by Gasteiger charge is 2.26. The first-order chi connectivity index (χ1) is 5.13. The Kier molecular flexibility index (Phi) is 4.71. The van der Waals surface area contributed by atoms with Gasteiger partial charge in [0, 0.05) is 0 Å². The van der Waals surface area contributed by atoms with E-state index in [9.17, 15) is 5.26 Å². The molecule has 0 bridgehead atoms. The summed E-state index contributed by atoms with van der Waals surface area (Å²) in [5.74, 6) is 0. The zero-order valence-electron chi connectivity index (χ0n) is 5.62. The van der Waals surface area contributed by atoms with Crippen LogP contribution in [-0.2, 0) is 4.58 Å². The summed E-state index contributed by atoms with van der Waals surface area (Å²) in [5.41, 5.74) is 0. The first-order valence-corrected chi connectivity index (χ1v) is 2.90. The van der Waals surface area contributed by atoms with E-state index >= 15 is 0 Å². The molecule has 11 heavy (non-hydrogen) atoms. The predicted octanol–water partition coefficient (Wildman–Crippen LogP) is -3.93. The smallest absolute Gasteiger partial charge is 0.349 e. The maximum absolute atomic E-state index is 9.38. The van der Waals surface area contributed by atoms with Gasteiger partial charge in [0.05, 0.1) is 6.61 Å². The largest absolute Gasteiger partial charge is 0.463 e. The third-order valence-corrected chi connectivity index (χ3v) is 1.13. The van der Waals surface area contributed by atoms with E-state index in [4.69, 9.17) is 20.4 Å². The van der Waals surface area contributed by atoms with Gasteiger partial charge in [-0.05, 0) is 0 Å². The van der Waals surface area contributed by atoms with E-state index in [-0.39, 0.29) is 0 Å². The number of aliphatic hydroxyl groups is 4. The zero-order chi connectivity index (χ0) is 8.85. The fraction of sp³-hybridized carbons (Fsp3) is 0.800. The highest BCUT2D eigenvalue weighted by atomic mass is 17.1. The fourth-order valence-electron chi connectivity index (χ4n) is 0.473. The van der Waals surface area contributed by atoms with Crippen molar-refractivity contribution in [2.45, 2.75) is 18.3 Å². The van der Waals surface area contributed by atoms with Crippen LogP contribution in [0.5, 0.6) is 0 Å². The molecule has 0 radical (unpaired) electrons. The Morgan fingerprint density at radius 1 is 1.36 bits per heavy atom. The molecule has 0 fully saturated rings. The van der Waals surface area contributed by atoms with Gasteiger partial charge in [0.15, 0.2) is 6.10 Å². The number of hydrogen-bond donors (Lipinski definition) is 4. The average molecular weight is 166 g/mol. The molecule has 0 unspecified atom stereocenters. The van der Waals surface area contributed by atoms with Gasteiger partial charge in [-0.2, -0.15) is 4.58 Å². The van der Waals surface area contributed by atoms with Crippen LogP contribution in [0, 0.1) is 0 Å². The first-order valence-electron chi connectivity index (χ1n) is 2.90. The Balaban J connectivity index is 3.90. The lowest BCUT2D eigenvalue weighted by Gasteiger charge is -2.14. The van der Waals surface area contributed by atoms with Crippen molar-refractivity contribution in [3.8, 4) is 0 Å². The van der Waals surface area contributed by atoms with Gasteiger partial charge in [-0.1, -0.05) is 0 Å². The molecule has 6 nitrogen and oxygen atoms in total. The average Bonchev–Trinajstić information content (AvgIpc) is 2.02. The van der Waals surface area contributed by atoms with Gasteiger partial charge in [-0.25, -0.2) is 0 Å². The van der Waals surface area contributed by atoms with Crippen LogP contribution in [0.2, 0.25) is 0 Å². The lowest BCUT2D eigenvalue weighted by molar-refractivity contribution is -1.04. The second-order valence-electron chi connectivity index (χ2n) is 1.96. The normalized spacial score (nSPS) is 20.0. The Morgan fingerprint density at radius 3 is 2.27 bits per heavy atom. The molecule has 0 saturated carbocycles. The Labute approximate surface area is 62.6 Å². The summed E-state index contributed by atoms with van der Waals surface area (Å²) < 4.78 is 3.14. The molecule has 0 aromatic carbocycles. The van der Waals surface area contributed by atoms with Gasteiger partial charge in [0.1, 0.15) is 12.2 Å². The van der Waals surface area contributed by atoms with Gasteiger partial charge in [-0.15, -0.1) is 0 Å². The third-order valence-electron chi connectivity index (χ3n) is 1.13. The predicted molar refractivity (Wildman–Crippen MR) is 31.2 cm³/mol. The Bertz CT molecular complexity index is 124. The number of aldehydes is 1. The molecular formula is C5H10O6. The van der Waals surface area contributed by atoms with Crippen LogP contribution in [0.25, 0.3) is 0 Å². The second kappa shape index (κ2) is 5.03. The number of rotatable bonds is 4. The van der Waals surface area contributed by atoms with Crippen molar-refractivity contribution in [3.63, 3.8) is 0 Å². The van der Waals surface area contributed by atoms with Gasteiger partial charge >= 0.3 is 6.29 Å². The van der Waals surface area contributed by atoms with Crippen molar-refractivity contribution in [2.24, 2.45) is 0 Å². The molecule has 0 heterocycles. The lowest BCUT2D eigenvalue weighted by Crippen LogP contribution is -2.40. The van der Waals surface area contributed by atoms with E-state index in [2.05, 4.69) is 4.58 Å². The van der Waals surface area contributed by atoms with Crippen molar-refractivity contribution in [2.75, 3.05) is 6.61 Å². The molecule has 6 heteroatoms. The summed E-state index contributed by atoms with van der Waals surface area (Å²) in [6.07, 6.45) is -4.30. The van der Waals surface area contributed by atoms with Crippen LogP contribution in [0.1, 0.15) is 0 Å². The molecule has 66 valence electrons. The standard InChI is InChI=1S/C5H10O6/c6-1-3(7)5(9)4(8)2-11-10/h2-9H,1H2/t3-,4+,5+/m1/s1. The summed E-state index contributed by atoms with van der Waals surface area (Å²) in [6.45, 7) is -0.703. The molecule has 0 saturated heterocycles. The fourth-order valence-corrected chi connectivity index (χ4v) is 0.473. The molecule has 3 atom stereocenters. The molecular weight excluding hydrogens is 156 g/mol. The molecule has 0 rings (SSSR count). The SMILES string of the molecule is [O-][O+]=C[C@H](O)[C@@H](O)[C@H](O)CO. The number of aliphatic hydroxyl groups excluding tert-OH is 4. The van der Waals surface area contributed by atoms with Gasteiger partial charge < -0.3 is 25.7 Å². The highest BCUT2D eigenvalue weighted by molar-refractivity contribution is 5.56. The summed E-state index contributed by atoms with van der Waals surface area (Å²) in [6, 6.07) is 0. The zero-order valence-corrected chi connectivity index (χ0v) is 5.62. The van der Waals surface area contributed by atoms with Crippen LogP contribution in [-0.4, -0.2) is 51.6 Å². The van der Waals surface area contributed by atoms with Crippen LogP contribution in [0.4, 0.5) is 0 Å². The minimum atomic E-state index is -1.62. The lowest BCUT2D eigenvalue weighted by atomic mass is 10.1. The van der Waals surface area contributed by atoms with E-state index in [1.807, 2.05) is 0 Å². The van der Waals surface area contributed by atoms with Gasteiger partial charge in [-0.3, -0.25) is 0 Å². The molecule has 0 aromatic heterocycles. The van der Waals surface area contributed by atoms with E-state index in [1.165, 1.54) is 0 Å². The van der Waals surface area contributed by atoms with Gasteiger partial charge in [0.25, 0.3) is 0 Å². The van der Waals surface area contributed by atoms with Crippen molar-refractivity contribution in [1.29, 1.82) is 0 Å². The second-order valence-corrected chi connectivity index (χ2v) is 1.96. The van der Waals surface area contributed by atoms with E-state index in [1.54, 1.807) is 0 Å². The van der Waals surface area contributed by atoms with Crippen molar-refractivity contribution in [1.82, 2.24) is 0 Å². The highest BCUT2D eigenvalue weighted by Crippen LogP contribution is 1.96. The van der Waals surface area contributed by atoms with Crippen LogP contribution in [0.15, 0.2) is 0 Å². The minimum Gasteiger partial charge on any atom is -0.463 e. The minimum absolute atomic E-state index is 0.406. The van der Waals surface area contributed by atoms with Crippen molar-refractivity contribution < 1.29 is 30.3 Å². The summed E-state index contributed by atoms with van der Waals surface area (Å²) in [5, 5.41) is 43.9. The quantitative estimate of drug-likeness (QED) is 0.147. The van der Waals surface area contributed by atoms with Crippen LogP contribution < -0.4 is 5.26 Å². The maximum Gasteiger partial charge on any atom is 0.349 e. The summed E-state index contributed by atoms with van der Waals surface area (Å²) in [7, 11) is 0. The molecule has 0 aliphatic rings. The molecule has 4 N–H and O–H groups in total. The Morgan fingerprint density at radius 2 is 1.91 bits per heavy atom. The molecule has 0 aliphatic carbocycles. The molecule has 0 aliphatic heterocycles. The van der Waals surface area contributed by atoms with E-state index in [0.717, 1.165) is 0 Å².